The first kappa shape index (κ1) is 14.7. The van der Waals surface area contributed by atoms with Crippen molar-refractivity contribution in [3.8, 4) is 5.75 Å². The molecule has 0 amide bonds. The summed E-state index contributed by atoms with van der Waals surface area (Å²) in [6, 6.07) is 3.76. The number of anilines is 1. The average Bonchev–Trinajstić information content (AvgIpc) is 2.29. The summed E-state index contributed by atoms with van der Waals surface area (Å²) in [5.41, 5.74) is 0.960. The normalized spacial score (nSPS) is 10.4. The van der Waals surface area contributed by atoms with E-state index < -0.39 is 0 Å². The van der Waals surface area contributed by atoms with Crippen LogP contribution in [0.3, 0.4) is 0 Å². The Balaban J connectivity index is 2.73. The molecule has 0 aromatic heterocycles. The number of ether oxygens (including phenoxy) is 1. The van der Waals surface area contributed by atoms with E-state index in [2.05, 4.69) is 28.2 Å². The topological polar surface area (TPSA) is 21.3 Å². The van der Waals surface area contributed by atoms with Gasteiger partial charge in [0.25, 0.3) is 0 Å². The maximum atomic E-state index is 6.04. The quantitative estimate of drug-likeness (QED) is 0.705. The lowest BCUT2D eigenvalue weighted by Gasteiger charge is -2.14. The zero-order chi connectivity index (χ0) is 12.7. The Kier molecular flexibility index (Phi) is 6.75. The SMILES string of the molecule is CCCCCNc1cc(Cl)cc(Br)c1OCC. The molecule has 0 heterocycles. The highest BCUT2D eigenvalue weighted by Crippen LogP contribution is 2.36. The predicted molar refractivity (Wildman–Crippen MR) is 78.3 cm³/mol. The summed E-state index contributed by atoms with van der Waals surface area (Å²) in [5.74, 6) is 0.841. The molecule has 0 fully saturated rings. The third-order valence-electron chi connectivity index (χ3n) is 2.39. The van der Waals surface area contributed by atoms with Crippen LogP contribution in [0.25, 0.3) is 0 Å². The van der Waals surface area contributed by atoms with Gasteiger partial charge in [-0.1, -0.05) is 31.4 Å². The second-order valence-electron chi connectivity index (χ2n) is 3.83. The van der Waals surface area contributed by atoms with E-state index in [0.29, 0.717) is 11.6 Å². The Morgan fingerprint density at radius 2 is 2.06 bits per heavy atom. The van der Waals surface area contributed by atoms with Crippen LogP contribution in [0.4, 0.5) is 5.69 Å². The summed E-state index contributed by atoms with van der Waals surface area (Å²) in [7, 11) is 0. The molecule has 1 rings (SSSR count). The molecule has 0 bridgehead atoms. The van der Waals surface area contributed by atoms with Gasteiger partial charge < -0.3 is 10.1 Å². The maximum Gasteiger partial charge on any atom is 0.156 e. The van der Waals surface area contributed by atoms with Crippen molar-refractivity contribution in [3.05, 3.63) is 21.6 Å². The molecule has 17 heavy (non-hydrogen) atoms. The van der Waals surface area contributed by atoms with Gasteiger partial charge in [0.2, 0.25) is 0 Å². The number of benzene rings is 1. The molecule has 4 heteroatoms. The molecule has 0 saturated heterocycles. The van der Waals surface area contributed by atoms with Crippen molar-refractivity contribution in [2.24, 2.45) is 0 Å². The van der Waals surface area contributed by atoms with E-state index in [9.17, 15) is 0 Å². The first-order valence-corrected chi connectivity index (χ1v) is 7.21. The van der Waals surface area contributed by atoms with Crippen molar-refractivity contribution >= 4 is 33.2 Å². The molecule has 1 N–H and O–H groups in total. The largest absolute Gasteiger partial charge is 0.491 e. The fourth-order valence-corrected chi connectivity index (χ4v) is 2.51. The molecule has 0 spiro atoms. The fourth-order valence-electron chi connectivity index (χ4n) is 1.58. The maximum absolute atomic E-state index is 6.04. The average molecular weight is 321 g/mol. The fraction of sp³-hybridized carbons (Fsp3) is 0.538. The standard InChI is InChI=1S/C13H19BrClNO/c1-3-5-6-7-16-12-9-10(15)8-11(14)13(12)17-4-2/h8-9,16H,3-7H2,1-2H3. The van der Waals surface area contributed by atoms with E-state index in [0.717, 1.165) is 28.9 Å². The first-order chi connectivity index (χ1) is 8.19. The van der Waals surface area contributed by atoms with E-state index in [1.807, 2.05) is 19.1 Å². The number of halogens is 2. The summed E-state index contributed by atoms with van der Waals surface area (Å²) >= 11 is 9.51. The monoisotopic (exact) mass is 319 g/mol. The van der Waals surface area contributed by atoms with E-state index in [1.54, 1.807) is 0 Å². The number of hydrogen-bond acceptors (Lipinski definition) is 2. The lowest BCUT2D eigenvalue weighted by atomic mass is 10.2. The Morgan fingerprint density at radius 1 is 1.29 bits per heavy atom. The van der Waals surface area contributed by atoms with Crippen LogP contribution in [-0.2, 0) is 0 Å². The molecule has 0 aliphatic rings. The minimum absolute atomic E-state index is 0.643. The van der Waals surface area contributed by atoms with Gasteiger partial charge in [0.05, 0.1) is 16.8 Å². The van der Waals surface area contributed by atoms with Gasteiger partial charge in [-0.15, -0.1) is 0 Å². The van der Waals surface area contributed by atoms with Gasteiger partial charge in [-0.25, -0.2) is 0 Å². The van der Waals surface area contributed by atoms with Crippen LogP contribution in [0.1, 0.15) is 33.1 Å². The molecule has 96 valence electrons. The zero-order valence-corrected chi connectivity index (χ0v) is 12.7. The van der Waals surface area contributed by atoms with E-state index in [-0.39, 0.29) is 0 Å². The lowest BCUT2D eigenvalue weighted by Crippen LogP contribution is -2.04. The number of rotatable bonds is 7. The molecular formula is C13H19BrClNO. The molecular weight excluding hydrogens is 302 g/mol. The molecule has 0 aliphatic heterocycles. The van der Waals surface area contributed by atoms with Crippen LogP contribution >= 0.6 is 27.5 Å². The number of unbranched alkanes of at least 4 members (excludes halogenated alkanes) is 2. The molecule has 0 saturated carbocycles. The van der Waals surface area contributed by atoms with Crippen LogP contribution < -0.4 is 10.1 Å². The smallest absolute Gasteiger partial charge is 0.156 e. The Morgan fingerprint density at radius 3 is 2.71 bits per heavy atom. The summed E-state index contributed by atoms with van der Waals surface area (Å²) in [6.45, 7) is 5.76. The van der Waals surface area contributed by atoms with Crippen molar-refractivity contribution in [1.29, 1.82) is 0 Å². The van der Waals surface area contributed by atoms with Gasteiger partial charge >= 0.3 is 0 Å². The van der Waals surface area contributed by atoms with Crippen molar-refractivity contribution in [1.82, 2.24) is 0 Å². The lowest BCUT2D eigenvalue weighted by molar-refractivity contribution is 0.339. The first-order valence-electron chi connectivity index (χ1n) is 6.04. The van der Waals surface area contributed by atoms with Gasteiger partial charge in [-0.2, -0.15) is 0 Å². The second-order valence-corrected chi connectivity index (χ2v) is 5.12. The van der Waals surface area contributed by atoms with Crippen molar-refractivity contribution in [3.63, 3.8) is 0 Å². The molecule has 1 aromatic rings. The molecule has 0 unspecified atom stereocenters. The third kappa shape index (κ3) is 4.76. The molecule has 1 aromatic carbocycles. The molecule has 0 radical (unpaired) electrons. The second kappa shape index (κ2) is 7.83. The molecule has 0 aliphatic carbocycles. The van der Waals surface area contributed by atoms with Gasteiger partial charge in [0, 0.05) is 11.6 Å². The van der Waals surface area contributed by atoms with Gasteiger partial charge in [0.1, 0.15) is 0 Å². The van der Waals surface area contributed by atoms with Crippen molar-refractivity contribution < 1.29 is 4.74 Å². The Bertz CT molecular complexity index is 358. The Hall–Kier alpha value is -0.410. The van der Waals surface area contributed by atoms with Crippen LogP contribution in [0.2, 0.25) is 5.02 Å². The van der Waals surface area contributed by atoms with Crippen LogP contribution in [0.15, 0.2) is 16.6 Å². The minimum Gasteiger partial charge on any atom is -0.491 e. The van der Waals surface area contributed by atoms with Crippen LogP contribution in [0.5, 0.6) is 5.75 Å². The van der Waals surface area contributed by atoms with E-state index >= 15 is 0 Å². The van der Waals surface area contributed by atoms with Crippen molar-refractivity contribution in [2.75, 3.05) is 18.5 Å². The predicted octanol–water partition coefficient (Wildman–Crippen LogP) is 5.10. The summed E-state index contributed by atoms with van der Waals surface area (Å²) < 4.78 is 6.51. The van der Waals surface area contributed by atoms with Gasteiger partial charge in [0.15, 0.2) is 5.75 Å². The van der Waals surface area contributed by atoms with Gasteiger partial charge in [-0.3, -0.25) is 0 Å². The third-order valence-corrected chi connectivity index (χ3v) is 3.20. The molecule has 2 nitrogen and oxygen atoms in total. The zero-order valence-electron chi connectivity index (χ0n) is 10.4. The number of nitrogens with one attached hydrogen (secondary N) is 1. The summed E-state index contributed by atoms with van der Waals surface area (Å²) in [5, 5.41) is 4.08. The van der Waals surface area contributed by atoms with Crippen molar-refractivity contribution in [2.45, 2.75) is 33.1 Å². The summed E-state index contributed by atoms with van der Waals surface area (Å²) in [4.78, 5) is 0. The number of hydrogen-bond donors (Lipinski definition) is 1. The van der Waals surface area contributed by atoms with E-state index in [4.69, 9.17) is 16.3 Å². The highest BCUT2D eigenvalue weighted by Gasteiger charge is 2.09. The van der Waals surface area contributed by atoms with Crippen LogP contribution in [0, 0.1) is 0 Å². The summed E-state index contributed by atoms with van der Waals surface area (Å²) in [6.07, 6.45) is 3.62. The highest BCUT2D eigenvalue weighted by atomic mass is 79.9. The van der Waals surface area contributed by atoms with E-state index in [1.165, 1.54) is 12.8 Å². The Labute approximate surface area is 117 Å². The van der Waals surface area contributed by atoms with Gasteiger partial charge in [-0.05, 0) is 41.4 Å². The highest BCUT2D eigenvalue weighted by molar-refractivity contribution is 9.10. The minimum atomic E-state index is 0.643. The molecule has 0 atom stereocenters. The van der Waals surface area contributed by atoms with Crippen LogP contribution in [-0.4, -0.2) is 13.2 Å².